The number of carbonyl (C=O) groups is 1. The highest BCUT2D eigenvalue weighted by Crippen LogP contribution is 2.40. The summed E-state index contributed by atoms with van der Waals surface area (Å²) in [6.07, 6.45) is 12.1. The van der Waals surface area contributed by atoms with Gasteiger partial charge < -0.3 is 21.3 Å². The largest absolute Gasteiger partial charge is 0.370 e. The highest BCUT2D eigenvalue weighted by molar-refractivity contribution is 6.35. The molecule has 0 bridgehead atoms. The molecule has 2 aromatic rings. The highest BCUT2D eigenvalue weighted by atomic mass is 35.5. The second-order valence-electron chi connectivity index (χ2n) is 12.9. The monoisotopic (exact) mass is 611 g/mol. The van der Waals surface area contributed by atoms with Crippen LogP contribution in [0.1, 0.15) is 95.1 Å². The van der Waals surface area contributed by atoms with Gasteiger partial charge in [0.1, 0.15) is 0 Å². The maximum Gasteiger partial charge on any atom is 0.218 e. The van der Waals surface area contributed by atoms with Crippen LogP contribution in [-0.4, -0.2) is 48.0 Å². The third-order valence-electron chi connectivity index (χ3n) is 9.49. The molecule has 6 nitrogen and oxygen atoms in total. The lowest BCUT2D eigenvalue weighted by Crippen LogP contribution is -2.57. The van der Waals surface area contributed by atoms with Gasteiger partial charge in [-0.05, 0) is 73.9 Å². The van der Waals surface area contributed by atoms with Crippen molar-refractivity contribution in [3.8, 4) is 0 Å². The van der Waals surface area contributed by atoms with Crippen molar-refractivity contribution < 1.29 is 4.79 Å². The molecule has 1 amide bonds. The number of nitrogens with one attached hydrogen (secondary N) is 2. The van der Waals surface area contributed by atoms with Gasteiger partial charge in [-0.2, -0.15) is 0 Å². The summed E-state index contributed by atoms with van der Waals surface area (Å²) in [6, 6.07) is 14.8. The molecule has 0 aromatic heterocycles. The number of nitrogens with zero attached hydrogens (tertiary/aromatic N) is 2. The van der Waals surface area contributed by atoms with Gasteiger partial charge in [0, 0.05) is 53.2 Å². The van der Waals surface area contributed by atoms with Crippen LogP contribution in [0.25, 0.3) is 0 Å². The lowest BCUT2D eigenvalue weighted by molar-refractivity contribution is -0.118. The molecule has 5 rings (SSSR count). The van der Waals surface area contributed by atoms with Crippen molar-refractivity contribution in [2.24, 2.45) is 22.6 Å². The fraction of sp³-hybridized carbons (Fsp3) is 0.588. The van der Waals surface area contributed by atoms with Crippen LogP contribution >= 0.6 is 23.2 Å². The predicted molar refractivity (Wildman–Crippen MR) is 176 cm³/mol. The number of nitrogens with two attached hydrogens (primary N) is 1. The Balaban J connectivity index is 1.41. The minimum absolute atomic E-state index is 0.168. The Morgan fingerprint density at radius 2 is 1.64 bits per heavy atom. The molecular formula is C34H47Cl2N5O. The minimum atomic E-state index is -0.371. The SMILES string of the molecule is CC1CN(/C(=N\C2CCCCC2C2CCCCC2)Nc2ccc(C(CC(N)=O)c3ccc(Cl)cc3Cl)cc2)CC(C)N1. The average Bonchev–Trinajstić information content (AvgIpc) is 2.96. The summed E-state index contributed by atoms with van der Waals surface area (Å²) in [5.41, 5.74) is 8.47. The number of carbonyl (C=O) groups excluding carboxylic acids is 1. The second-order valence-corrected chi connectivity index (χ2v) is 13.7. The number of anilines is 1. The Hall–Kier alpha value is -2.28. The van der Waals surface area contributed by atoms with Crippen LogP contribution in [0.15, 0.2) is 47.5 Å². The number of guanidine groups is 1. The van der Waals surface area contributed by atoms with Gasteiger partial charge in [-0.3, -0.25) is 4.79 Å². The number of piperazine rings is 1. The van der Waals surface area contributed by atoms with E-state index in [1.54, 1.807) is 12.1 Å². The Bertz CT molecular complexity index is 1220. The van der Waals surface area contributed by atoms with E-state index in [9.17, 15) is 4.79 Å². The first-order valence-corrected chi connectivity index (χ1v) is 16.7. The molecule has 2 saturated carbocycles. The van der Waals surface area contributed by atoms with Gasteiger partial charge >= 0.3 is 0 Å². The third kappa shape index (κ3) is 8.00. The number of hydrogen-bond donors (Lipinski definition) is 3. The van der Waals surface area contributed by atoms with E-state index in [-0.39, 0.29) is 18.2 Å². The third-order valence-corrected chi connectivity index (χ3v) is 10.1. The zero-order valence-electron chi connectivity index (χ0n) is 25.1. The van der Waals surface area contributed by atoms with Gasteiger partial charge in [-0.25, -0.2) is 4.99 Å². The highest BCUT2D eigenvalue weighted by Gasteiger charge is 2.34. The molecule has 1 aliphatic heterocycles. The van der Waals surface area contributed by atoms with E-state index < -0.39 is 0 Å². The lowest BCUT2D eigenvalue weighted by atomic mass is 9.71. The molecule has 0 radical (unpaired) electrons. The summed E-state index contributed by atoms with van der Waals surface area (Å²) in [6.45, 7) is 6.35. The van der Waals surface area contributed by atoms with E-state index >= 15 is 0 Å². The average molecular weight is 613 g/mol. The van der Waals surface area contributed by atoms with Crippen LogP contribution in [0.5, 0.6) is 0 Å². The van der Waals surface area contributed by atoms with Crippen molar-refractivity contribution in [1.29, 1.82) is 0 Å². The molecule has 8 heteroatoms. The van der Waals surface area contributed by atoms with Gasteiger partial charge in [0.05, 0.1) is 6.04 Å². The number of amides is 1. The van der Waals surface area contributed by atoms with E-state index in [2.05, 4.69) is 53.6 Å². The number of benzene rings is 2. The van der Waals surface area contributed by atoms with Gasteiger partial charge in [0.2, 0.25) is 5.91 Å². The van der Waals surface area contributed by atoms with Crippen LogP contribution in [0.4, 0.5) is 5.69 Å². The molecule has 1 saturated heterocycles. The molecule has 2 aromatic carbocycles. The van der Waals surface area contributed by atoms with Crippen molar-refractivity contribution in [1.82, 2.24) is 10.2 Å². The maximum absolute atomic E-state index is 12.0. The Morgan fingerprint density at radius 3 is 2.31 bits per heavy atom. The van der Waals surface area contributed by atoms with E-state index in [4.69, 9.17) is 33.9 Å². The van der Waals surface area contributed by atoms with Crippen LogP contribution in [0, 0.1) is 11.8 Å². The number of rotatable bonds is 7. The van der Waals surface area contributed by atoms with Gasteiger partial charge in [0.25, 0.3) is 0 Å². The zero-order valence-corrected chi connectivity index (χ0v) is 26.6. The first kappa shape index (κ1) is 31.2. The van der Waals surface area contributed by atoms with Crippen LogP contribution < -0.4 is 16.4 Å². The molecule has 228 valence electrons. The summed E-state index contributed by atoms with van der Waals surface area (Å²) in [5, 5.41) is 8.51. The van der Waals surface area contributed by atoms with Crippen LogP contribution in [0.2, 0.25) is 10.0 Å². The Labute approximate surface area is 261 Å². The van der Waals surface area contributed by atoms with Crippen LogP contribution in [0.3, 0.4) is 0 Å². The number of halogens is 2. The predicted octanol–water partition coefficient (Wildman–Crippen LogP) is 7.59. The van der Waals surface area contributed by atoms with E-state index in [1.807, 2.05) is 6.07 Å². The molecule has 5 unspecified atom stereocenters. The van der Waals surface area contributed by atoms with Gasteiger partial charge in [0.15, 0.2) is 5.96 Å². The second kappa shape index (κ2) is 14.5. The van der Waals surface area contributed by atoms with Crippen molar-refractivity contribution in [2.45, 2.75) is 102 Å². The molecule has 3 fully saturated rings. The van der Waals surface area contributed by atoms with Crippen molar-refractivity contribution in [3.05, 3.63) is 63.6 Å². The summed E-state index contributed by atoms with van der Waals surface area (Å²) in [5.74, 6) is 1.88. The summed E-state index contributed by atoms with van der Waals surface area (Å²) >= 11 is 12.7. The molecule has 5 atom stereocenters. The normalized spacial score (nSPS) is 26.6. The van der Waals surface area contributed by atoms with Gasteiger partial charge in [-0.1, -0.05) is 86.3 Å². The minimum Gasteiger partial charge on any atom is -0.370 e. The smallest absolute Gasteiger partial charge is 0.218 e. The van der Waals surface area contributed by atoms with Crippen molar-refractivity contribution >= 4 is 40.8 Å². The molecule has 0 spiro atoms. The summed E-state index contributed by atoms with van der Waals surface area (Å²) in [4.78, 5) is 20.0. The quantitative estimate of drug-likeness (QED) is 0.222. The first-order valence-electron chi connectivity index (χ1n) is 16.0. The first-order chi connectivity index (χ1) is 20.3. The molecule has 4 N–H and O–H groups in total. The van der Waals surface area contributed by atoms with Crippen molar-refractivity contribution in [3.63, 3.8) is 0 Å². The molecule has 1 heterocycles. The van der Waals surface area contributed by atoms with Crippen molar-refractivity contribution in [2.75, 3.05) is 18.4 Å². The Kier molecular flexibility index (Phi) is 10.7. The van der Waals surface area contributed by atoms with Gasteiger partial charge in [-0.15, -0.1) is 0 Å². The van der Waals surface area contributed by atoms with E-state index in [0.29, 0.717) is 34.1 Å². The molecule has 42 heavy (non-hydrogen) atoms. The van der Waals surface area contributed by atoms with Crippen LogP contribution in [-0.2, 0) is 4.79 Å². The number of primary amides is 1. The number of aliphatic imine (C=N–C) groups is 1. The maximum atomic E-state index is 12.0. The Morgan fingerprint density at radius 1 is 0.976 bits per heavy atom. The fourth-order valence-electron chi connectivity index (χ4n) is 7.58. The zero-order chi connectivity index (χ0) is 29.6. The van der Waals surface area contributed by atoms with E-state index in [0.717, 1.165) is 41.8 Å². The molecular weight excluding hydrogens is 565 g/mol. The standard InChI is InChI=1S/C34H47Cl2N5O/c1-22-20-41(21-23(2)38-22)34(40-32-11-7-6-10-28(32)24-8-4-3-5-9-24)39-27-15-12-25(13-16-27)30(19-33(37)42)29-17-14-26(35)18-31(29)36/h12-18,22-24,28,30,32,38H,3-11,19-21H2,1-2H3,(H2,37,42)(H,39,40). The topological polar surface area (TPSA) is 82.8 Å². The lowest BCUT2D eigenvalue weighted by Gasteiger charge is -2.41. The fourth-order valence-corrected chi connectivity index (χ4v) is 8.12. The molecule has 3 aliphatic rings. The van der Waals surface area contributed by atoms with E-state index in [1.165, 1.54) is 57.8 Å². The molecule has 2 aliphatic carbocycles. The number of hydrogen-bond acceptors (Lipinski definition) is 3. The summed E-state index contributed by atoms with van der Waals surface area (Å²) < 4.78 is 0. The summed E-state index contributed by atoms with van der Waals surface area (Å²) in [7, 11) is 0.